The molecule has 0 radical (unpaired) electrons. The summed E-state index contributed by atoms with van der Waals surface area (Å²) >= 11 is 0. The molecule has 1 heterocycles. The van der Waals surface area contributed by atoms with E-state index in [0.717, 1.165) is 25.9 Å². The van der Waals surface area contributed by atoms with Crippen molar-refractivity contribution in [2.45, 2.75) is 31.8 Å². The van der Waals surface area contributed by atoms with Crippen molar-refractivity contribution in [1.29, 1.82) is 0 Å². The van der Waals surface area contributed by atoms with Gasteiger partial charge in [-0.3, -0.25) is 4.79 Å². The summed E-state index contributed by atoms with van der Waals surface area (Å²) in [6.07, 6.45) is 3.63. The number of ether oxygens (including phenoxy) is 2. The molecule has 1 aromatic rings. The minimum absolute atomic E-state index is 0.179. The quantitative estimate of drug-likeness (QED) is 0.578. The molecular weight excluding hydrogens is 204 g/mol. The van der Waals surface area contributed by atoms with E-state index in [1.165, 1.54) is 0 Å². The van der Waals surface area contributed by atoms with Gasteiger partial charge in [0, 0.05) is 13.0 Å². The van der Waals surface area contributed by atoms with Crippen LogP contribution in [0.1, 0.15) is 25.7 Å². The van der Waals surface area contributed by atoms with Crippen molar-refractivity contribution in [3.05, 3.63) is 30.3 Å². The van der Waals surface area contributed by atoms with E-state index in [2.05, 4.69) is 0 Å². The number of para-hydroxylation sites is 1. The Morgan fingerprint density at radius 3 is 2.88 bits per heavy atom. The smallest absolute Gasteiger partial charge is 0.311 e. The largest absolute Gasteiger partial charge is 0.427 e. The number of benzene rings is 1. The van der Waals surface area contributed by atoms with Crippen LogP contribution < -0.4 is 4.74 Å². The Morgan fingerprint density at radius 1 is 1.38 bits per heavy atom. The van der Waals surface area contributed by atoms with E-state index in [4.69, 9.17) is 9.47 Å². The molecule has 0 bridgehead atoms. The van der Waals surface area contributed by atoms with Crippen LogP contribution in [-0.2, 0) is 9.53 Å². The Kier molecular flexibility index (Phi) is 3.94. The van der Waals surface area contributed by atoms with Gasteiger partial charge < -0.3 is 9.47 Å². The molecule has 1 unspecified atom stereocenters. The van der Waals surface area contributed by atoms with Gasteiger partial charge in [-0.25, -0.2) is 0 Å². The van der Waals surface area contributed by atoms with E-state index < -0.39 is 0 Å². The summed E-state index contributed by atoms with van der Waals surface area (Å²) in [5.41, 5.74) is 0. The van der Waals surface area contributed by atoms with Gasteiger partial charge in [-0.2, -0.15) is 0 Å². The summed E-state index contributed by atoms with van der Waals surface area (Å²) in [6, 6.07) is 9.16. The van der Waals surface area contributed by atoms with Crippen molar-refractivity contribution in [2.24, 2.45) is 0 Å². The molecule has 0 aromatic heterocycles. The monoisotopic (exact) mass is 220 g/mol. The number of esters is 1. The van der Waals surface area contributed by atoms with Crippen LogP contribution in [0.3, 0.4) is 0 Å². The summed E-state index contributed by atoms with van der Waals surface area (Å²) in [4.78, 5) is 11.5. The fourth-order valence-electron chi connectivity index (χ4n) is 1.82. The zero-order valence-corrected chi connectivity index (χ0v) is 9.22. The maximum Gasteiger partial charge on any atom is 0.311 e. The van der Waals surface area contributed by atoms with Gasteiger partial charge in [0.15, 0.2) is 0 Å². The fraction of sp³-hybridized carbons (Fsp3) is 0.462. The lowest BCUT2D eigenvalue weighted by Crippen LogP contribution is -2.12. The molecule has 0 spiro atoms. The lowest BCUT2D eigenvalue weighted by Gasteiger charge is -2.08. The SMILES string of the molecule is O=C(CCC1CCCO1)Oc1ccccc1. The number of carbonyl (C=O) groups is 1. The van der Waals surface area contributed by atoms with Crippen molar-refractivity contribution < 1.29 is 14.3 Å². The Morgan fingerprint density at radius 2 is 2.19 bits per heavy atom. The zero-order chi connectivity index (χ0) is 11.2. The minimum atomic E-state index is -0.179. The standard InChI is InChI=1S/C13H16O3/c14-13(9-8-11-7-4-10-15-11)16-12-5-2-1-3-6-12/h1-3,5-6,11H,4,7-10H2. The molecule has 3 heteroatoms. The van der Waals surface area contributed by atoms with E-state index in [0.29, 0.717) is 12.2 Å². The molecule has 1 aliphatic rings. The molecule has 0 aliphatic carbocycles. The second kappa shape index (κ2) is 5.66. The minimum Gasteiger partial charge on any atom is -0.427 e. The number of carbonyl (C=O) groups excluding carboxylic acids is 1. The summed E-state index contributed by atoms with van der Waals surface area (Å²) < 4.78 is 10.6. The Hall–Kier alpha value is -1.35. The molecule has 1 atom stereocenters. The normalized spacial score (nSPS) is 19.6. The first-order valence-electron chi connectivity index (χ1n) is 5.72. The van der Waals surface area contributed by atoms with Crippen LogP contribution in [-0.4, -0.2) is 18.7 Å². The van der Waals surface area contributed by atoms with Crippen LogP contribution >= 0.6 is 0 Å². The van der Waals surface area contributed by atoms with E-state index in [1.54, 1.807) is 12.1 Å². The molecule has 1 aliphatic heterocycles. The highest BCUT2D eigenvalue weighted by molar-refractivity contribution is 5.72. The van der Waals surface area contributed by atoms with Crippen LogP contribution in [0.2, 0.25) is 0 Å². The molecule has 3 nitrogen and oxygen atoms in total. The predicted molar refractivity (Wildman–Crippen MR) is 60.3 cm³/mol. The third-order valence-electron chi connectivity index (χ3n) is 2.67. The van der Waals surface area contributed by atoms with Crippen molar-refractivity contribution in [1.82, 2.24) is 0 Å². The van der Waals surface area contributed by atoms with E-state index in [-0.39, 0.29) is 12.1 Å². The molecule has 0 N–H and O–H groups in total. The zero-order valence-electron chi connectivity index (χ0n) is 9.22. The molecule has 0 amide bonds. The van der Waals surface area contributed by atoms with Crippen LogP contribution in [0.4, 0.5) is 0 Å². The lowest BCUT2D eigenvalue weighted by molar-refractivity contribution is -0.135. The molecule has 16 heavy (non-hydrogen) atoms. The molecule has 1 aromatic carbocycles. The maximum absolute atomic E-state index is 11.5. The van der Waals surface area contributed by atoms with Gasteiger partial charge in [-0.05, 0) is 31.4 Å². The van der Waals surface area contributed by atoms with Crippen LogP contribution in [0.5, 0.6) is 5.75 Å². The van der Waals surface area contributed by atoms with Crippen molar-refractivity contribution in [3.63, 3.8) is 0 Å². The third-order valence-corrected chi connectivity index (χ3v) is 2.67. The van der Waals surface area contributed by atoms with Gasteiger partial charge in [-0.15, -0.1) is 0 Å². The van der Waals surface area contributed by atoms with Crippen LogP contribution in [0.25, 0.3) is 0 Å². The molecule has 1 fully saturated rings. The van der Waals surface area contributed by atoms with Gasteiger partial charge in [0.2, 0.25) is 0 Å². The van der Waals surface area contributed by atoms with Crippen molar-refractivity contribution >= 4 is 5.97 Å². The average Bonchev–Trinajstić information content (AvgIpc) is 2.81. The van der Waals surface area contributed by atoms with Gasteiger partial charge in [0.25, 0.3) is 0 Å². The highest BCUT2D eigenvalue weighted by Crippen LogP contribution is 2.17. The van der Waals surface area contributed by atoms with E-state index >= 15 is 0 Å². The Bertz CT molecular complexity index is 328. The summed E-state index contributed by atoms with van der Waals surface area (Å²) in [6.45, 7) is 0.832. The first-order valence-corrected chi connectivity index (χ1v) is 5.72. The summed E-state index contributed by atoms with van der Waals surface area (Å²) in [7, 11) is 0. The summed E-state index contributed by atoms with van der Waals surface area (Å²) in [5, 5.41) is 0. The highest BCUT2D eigenvalue weighted by Gasteiger charge is 2.17. The molecular formula is C13H16O3. The number of rotatable bonds is 4. The fourth-order valence-corrected chi connectivity index (χ4v) is 1.82. The Labute approximate surface area is 95.4 Å². The topological polar surface area (TPSA) is 35.5 Å². The predicted octanol–water partition coefficient (Wildman–Crippen LogP) is 2.55. The van der Waals surface area contributed by atoms with Crippen molar-refractivity contribution in [2.75, 3.05) is 6.61 Å². The molecule has 0 saturated carbocycles. The van der Waals surface area contributed by atoms with Gasteiger partial charge in [0.05, 0.1) is 6.10 Å². The Balaban J connectivity index is 1.72. The van der Waals surface area contributed by atoms with Crippen LogP contribution in [0.15, 0.2) is 30.3 Å². The first-order chi connectivity index (χ1) is 7.84. The molecule has 86 valence electrons. The maximum atomic E-state index is 11.5. The number of hydrogen-bond donors (Lipinski definition) is 0. The van der Waals surface area contributed by atoms with Crippen molar-refractivity contribution in [3.8, 4) is 5.75 Å². The lowest BCUT2D eigenvalue weighted by atomic mass is 10.1. The van der Waals surface area contributed by atoms with Gasteiger partial charge in [-0.1, -0.05) is 18.2 Å². The second-order valence-electron chi connectivity index (χ2n) is 3.96. The molecule has 2 rings (SSSR count). The summed E-state index contributed by atoms with van der Waals surface area (Å²) in [5.74, 6) is 0.432. The first kappa shape index (κ1) is 11.1. The van der Waals surface area contributed by atoms with E-state index in [1.807, 2.05) is 18.2 Å². The molecule has 1 saturated heterocycles. The van der Waals surface area contributed by atoms with E-state index in [9.17, 15) is 4.79 Å². The van der Waals surface area contributed by atoms with Gasteiger partial charge in [0.1, 0.15) is 5.75 Å². The average molecular weight is 220 g/mol. The number of hydrogen-bond acceptors (Lipinski definition) is 3. The third kappa shape index (κ3) is 3.35. The highest BCUT2D eigenvalue weighted by atomic mass is 16.5. The van der Waals surface area contributed by atoms with Crippen LogP contribution in [0, 0.1) is 0 Å². The van der Waals surface area contributed by atoms with Gasteiger partial charge >= 0.3 is 5.97 Å². The second-order valence-corrected chi connectivity index (χ2v) is 3.96.